The van der Waals surface area contributed by atoms with E-state index in [0.29, 0.717) is 18.9 Å². The number of pyridine rings is 1. The van der Waals surface area contributed by atoms with Crippen LogP contribution in [0.15, 0.2) is 42.6 Å². The highest BCUT2D eigenvalue weighted by atomic mass is 16.2. The zero-order valence-electron chi connectivity index (χ0n) is 16.5. The summed E-state index contributed by atoms with van der Waals surface area (Å²) in [6.45, 7) is 3.18. The van der Waals surface area contributed by atoms with E-state index in [1.54, 1.807) is 30.3 Å². The Kier molecular flexibility index (Phi) is 5.03. The smallest absolute Gasteiger partial charge is 0.246 e. The second-order valence-corrected chi connectivity index (χ2v) is 7.21. The number of carbonyl (C=O) groups is 2. The number of rotatable bonds is 4. The maximum absolute atomic E-state index is 12.6. The lowest BCUT2D eigenvalue weighted by atomic mass is 10.1. The van der Waals surface area contributed by atoms with Crippen LogP contribution in [0.2, 0.25) is 0 Å². The van der Waals surface area contributed by atoms with Gasteiger partial charge in [0.25, 0.3) is 0 Å². The lowest BCUT2D eigenvalue weighted by Gasteiger charge is -2.15. The Bertz CT molecular complexity index is 1120. The van der Waals surface area contributed by atoms with Gasteiger partial charge in [0.1, 0.15) is 5.82 Å². The highest BCUT2D eigenvalue weighted by molar-refractivity contribution is 5.92. The Morgan fingerprint density at radius 1 is 1.24 bits per heavy atom. The number of aryl methyl sites for hydroxylation is 1. The van der Waals surface area contributed by atoms with Crippen molar-refractivity contribution in [1.29, 1.82) is 0 Å². The number of likely N-dealkylation sites (N-methyl/N-ethyl adjacent to an activating group) is 1. The second kappa shape index (κ2) is 7.79. The van der Waals surface area contributed by atoms with Crippen LogP contribution in [-0.2, 0) is 22.7 Å². The monoisotopic (exact) mass is 389 g/mol. The van der Waals surface area contributed by atoms with Crippen molar-refractivity contribution in [2.75, 3.05) is 18.9 Å². The van der Waals surface area contributed by atoms with E-state index in [-0.39, 0.29) is 18.4 Å². The average Bonchev–Trinajstić information content (AvgIpc) is 2.91. The molecule has 29 heavy (non-hydrogen) atoms. The van der Waals surface area contributed by atoms with Crippen molar-refractivity contribution in [3.8, 4) is 0 Å². The van der Waals surface area contributed by atoms with Gasteiger partial charge in [-0.15, -0.1) is 0 Å². The van der Waals surface area contributed by atoms with Crippen LogP contribution in [0.25, 0.3) is 17.0 Å². The zero-order valence-corrected chi connectivity index (χ0v) is 16.5. The van der Waals surface area contributed by atoms with Gasteiger partial charge >= 0.3 is 0 Å². The molecule has 2 amide bonds. The molecule has 0 saturated carbocycles. The largest absolute Gasteiger partial charge is 0.361 e. The predicted molar refractivity (Wildman–Crippen MR) is 113 cm³/mol. The van der Waals surface area contributed by atoms with Crippen LogP contribution in [0.1, 0.15) is 22.4 Å². The first-order chi connectivity index (χ1) is 14.0. The number of H-pyrrole nitrogens is 1. The fourth-order valence-corrected chi connectivity index (χ4v) is 3.48. The van der Waals surface area contributed by atoms with Crippen LogP contribution in [0, 0.1) is 6.92 Å². The van der Waals surface area contributed by atoms with Gasteiger partial charge in [-0.1, -0.05) is 18.2 Å². The minimum absolute atomic E-state index is 0.0653. The molecule has 0 aliphatic carbocycles. The number of hydrogen-bond acceptors (Lipinski definition) is 4. The van der Waals surface area contributed by atoms with Gasteiger partial charge in [0.2, 0.25) is 11.8 Å². The molecule has 3 heterocycles. The van der Waals surface area contributed by atoms with Crippen LogP contribution >= 0.6 is 0 Å². The first-order valence-corrected chi connectivity index (χ1v) is 9.50. The van der Waals surface area contributed by atoms with Crippen molar-refractivity contribution in [3.63, 3.8) is 0 Å². The van der Waals surface area contributed by atoms with Crippen LogP contribution in [-0.4, -0.2) is 40.3 Å². The Balaban J connectivity index is 1.47. The van der Waals surface area contributed by atoms with E-state index >= 15 is 0 Å². The maximum atomic E-state index is 12.6. The topological polar surface area (TPSA) is 90.1 Å². The van der Waals surface area contributed by atoms with Crippen molar-refractivity contribution in [1.82, 2.24) is 20.2 Å². The van der Waals surface area contributed by atoms with Gasteiger partial charge < -0.3 is 20.5 Å². The number of hydrogen-bond donors (Lipinski definition) is 3. The quantitative estimate of drug-likeness (QED) is 0.598. The summed E-state index contributed by atoms with van der Waals surface area (Å²) in [5.41, 5.74) is 4.98. The molecule has 7 heteroatoms. The molecule has 1 aromatic carbocycles. The molecule has 2 aromatic heterocycles. The molecule has 3 aromatic rings. The van der Waals surface area contributed by atoms with E-state index in [2.05, 4.69) is 26.7 Å². The Labute approximate surface area is 168 Å². The van der Waals surface area contributed by atoms with E-state index in [9.17, 15) is 9.59 Å². The molecular formula is C22H23N5O2. The fourth-order valence-electron chi connectivity index (χ4n) is 3.48. The SMILES string of the molecule is Cc1[nH]c2ccccc2c1CN(C)C(=O)C=Cc1cnc2c(c1)CNC(=O)CN2. The van der Waals surface area contributed by atoms with E-state index in [1.165, 1.54) is 0 Å². The minimum atomic E-state index is -0.0870. The van der Waals surface area contributed by atoms with E-state index < -0.39 is 0 Å². The molecule has 0 saturated heterocycles. The number of amides is 2. The van der Waals surface area contributed by atoms with Gasteiger partial charge in [-0.2, -0.15) is 0 Å². The summed E-state index contributed by atoms with van der Waals surface area (Å²) in [5.74, 6) is 0.541. The Hall–Kier alpha value is -3.61. The van der Waals surface area contributed by atoms with Crippen molar-refractivity contribution in [3.05, 3.63) is 65.0 Å². The van der Waals surface area contributed by atoms with Gasteiger partial charge in [-0.05, 0) is 36.3 Å². The first-order valence-electron chi connectivity index (χ1n) is 9.50. The summed E-state index contributed by atoms with van der Waals surface area (Å²) >= 11 is 0. The van der Waals surface area contributed by atoms with Gasteiger partial charge in [0, 0.05) is 54.6 Å². The van der Waals surface area contributed by atoms with Crippen LogP contribution in [0.5, 0.6) is 0 Å². The van der Waals surface area contributed by atoms with Crippen molar-refractivity contribution < 1.29 is 9.59 Å². The Morgan fingerprint density at radius 2 is 2.07 bits per heavy atom. The summed E-state index contributed by atoms with van der Waals surface area (Å²) in [7, 11) is 1.79. The summed E-state index contributed by atoms with van der Waals surface area (Å²) in [5, 5.41) is 6.95. The molecular weight excluding hydrogens is 366 g/mol. The molecule has 0 radical (unpaired) electrons. The number of fused-ring (bicyclic) bond motifs is 2. The van der Waals surface area contributed by atoms with Crippen LogP contribution < -0.4 is 10.6 Å². The van der Waals surface area contributed by atoms with Crippen molar-refractivity contribution in [2.24, 2.45) is 0 Å². The molecule has 7 nitrogen and oxygen atoms in total. The third-order valence-electron chi connectivity index (χ3n) is 5.10. The van der Waals surface area contributed by atoms with E-state index in [0.717, 1.165) is 33.3 Å². The first kappa shape index (κ1) is 18.7. The standard InChI is InChI=1S/C22H23N5O2/c1-14-18(17-5-3-4-6-19(17)26-14)13-27(2)21(29)8-7-15-9-16-11-23-20(28)12-25-22(16)24-10-15/h3-10,26H,11-13H2,1-2H3,(H,23,28)(H,24,25). The normalized spacial score (nSPS) is 13.7. The number of anilines is 1. The molecule has 0 fully saturated rings. The fraction of sp³-hybridized carbons (Fsp3) is 0.227. The predicted octanol–water partition coefficient (Wildman–Crippen LogP) is 2.58. The summed E-state index contributed by atoms with van der Waals surface area (Å²) in [6, 6.07) is 10.0. The lowest BCUT2D eigenvalue weighted by molar-refractivity contribution is -0.125. The van der Waals surface area contributed by atoms with Gasteiger partial charge in [0.15, 0.2) is 0 Å². The van der Waals surface area contributed by atoms with Gasteiger partial charge in [-0.3, -0.25) is 9.59 Å². The number of nitrogens with one attached hydrogen (secondary N) is 3. The van der Waals surface area contributed by atoms with Crippen molar-refractivity contribution >= 4 is 34.6 Å². The molecule has 4 rings (SSSR count). The highest BCUT2D eigenvalue weighted by Gasteiger charge is 2.14. The molecule has 3 N–H and O–H groups in total. The third-order valence-corrected chi connectivity index (χ3v) is 5.10. The van der Waals surface area contributed by atoms with Crippen LogP contribution in [0.4, 0.5) is 5.82 Å². The molecule has 0 spiro atoms. The Morgan fingerprint density at radius 3 is 2.93 bits per heavy atom. The number of aromatic nitrogens is 2. The number of benzene rings is 1. The molecule has 1 aliphatic rings. The molecule has 0 bridgehead atoms. The zero-order chi connectivity index (χ0) is 20.4. The number of para-hydroxylation sites is 1. The number of nitrogens with zero attached hydrogens (tertiary/aromatic N) is 2. The summed E-state index contributed by atoms with van der Waals surface area (Å²) in [6.07, 6.45) is 4.99. The molecule has 148 valence electrons. The number of carbonyl (C=O) groups excluding carboxylic acids is 2. The second-order valence-electron chi connectivity index (χ2n) is 7.21. The summed E-state index contributed by atoms with van der Waals surface area (Å²) < 4.78 is 0. The maximum Gasteiger partial charge on any atom is 0.246 e. The van der Waals surface area contributed by atoms with Gasteiger partial charge in [0.05, 0.1) is 6.54 Å². The molecule has 0 unspecified atom stereocenters. The highest BCUT2D eigenvalue weighted by Crippen LogP contribution is 2.23. The number of aromatic amines is 1. The van der Waals surface area contributed by atoms with E-state index in [4.69, 9.17) is 0 Å². The lowest BCUT2D eigenvalue weighted by Crippen LogP contribution is -2.25. The van der Waals surface area contributed by atoms with E-state index in [1.807, 2.05) is 31.2 Å². The van der Waals surface area contributed by atoms with Gasteiger partial charge in [-0.25, -0.2) is 4.98 Å². The molecule has 1 aliphatic heterocycles. The molecule has 0 atom stereocenters. The average molecular weight is 389 g/mol. The minimum Gasteiger partial charge on any atom is -0.361 e. The van der Waals surface area contributed by atoms with Crippen LogP contribution in [0.3, 0.4) is 0 Å². The summed E-state index contributed by atoms with van der Waals surface area (Å²) in [4.78, 5) is 33.5. The third kappa shape index (κ3) is 3.99. The van der Waals surface area contributed by atoms with Crippen molar-refractivity contribution in [2.45, 2.75) is 20.0 Å².